The fraction of sp³-hybridized carbons (Fsp3) is 0.400. The van der Waals surface area contributed by atoms with E-state index < -0.39 is 0 Å². The second-order valence-corrected chi connectivity index (χ2v) is 8.25. The number of carbonyl (C=O) groups is 1. The summed E-state index contributed by atoms with van der Waals surface area (Å²) in [4.78, 5) is 12.6. The minimum atomic E-state index is -0.273. The number of carbonyl (C=O) groups excluding carboxylic acids is 1. The molecule has 4 rings (SSSR count). The number of aryl methyl sites for hydroxylation is 1. The molecule has 5 heteroatoms. The maximum atomic E-state index is 12.6. The predicted molar refractivity (Wildman–Crippen MR) is 116 cm³/mol. The fourth-order valence-electron chi connectivity index (χ4n) is 4.75. The molecule has 1 N–H and O–H groups in total. The van der Waals surface area contributed by atoms with E-state index in [1.807, 2.05) is 37.3 Å². The molecule has 0 aromatic heterocycles. The number of ether oxygens (including phenoxy) is 3. The normalized spacial score (nSPS) is 22.8. The van der Waals surface area contributed by atoms with Crippen LogP contribution < -0.4 is 14.8 Å². The number of nitrogens with one attached hydrogen (secondary N) is 1. The lowest BCUT2D eigenvalue weighted by atomic mass is 9.69. The monoisotopic (exact) mass is 407 g/mol. The third-order valence-corrected chi connectivity index (χ3v) is 6.46. The van der Waals surface area contributed by atoms with Crippen LogP contribution in [-0.2, 0) is 11.2 Å². The fourth-order valence-corrected chi connectivity index (χ4v) is 4.75. The number of benzene rings is 2. The van der Waals surface area contributed by atoms with Gasteiger partial charge in [-0.3, -0.25) is 0 Å². The van der Waals surface area contributed by atoms with Crippen LogP contribution in [0, 0.1) is 12.3 Å². The molecule has 1 saturated heterocycles. The number of fused-ring (bicyclic) bond motifs is 1. The molecule has 1 fully saturated rings. The van der Waals surface area contributed by atoms with Gasteiger partial charge in [0, 0.05) is 12.5 Å². The van der Waals surface area contributed by atoms with E-state index in [4.69, 9.17) is 14.2 Å². The SMILES string of the molecule is COc1ccc(C[C@@]23CCN[C@H]2C=C(OC(=O)c2ccccc2C)CC3)cc1OC. The Labute approximate surface area is 178 Å². The Bertz CT molecular complexity index is 967. The van der Waals surface area contributed by atoms with Gasteiger partial charge in [-0.15, -0.1) is 0 Å². The van der Waals surface area contributed by atoms with E-state index in [0.717, 1.165) is 55.0 Å². The van der Waals surface area contributed by atoms with E-state index in [1.54, 1.807) is 14.2 Å². The topological polar surface area (TPSA) is 56.8 Å². The van der Waals surface area contributed by atoms with Gasteiger partial charge < -0.3 is 19.5 Å². The van der Waals surface area contributed by atoms with E-state index in [9.17, 15) is 4.79 Å². The summed E-state index contributed by atoms with van der Waals surface area (Å²) < 4.78 is 16.6. The van der Waals surface area contributed by atoms with E-state index in [1.165, 1.54) is 5.56 Å². The van der Waals surface area contributed by atoms with Crippen LogP contribution in [0.15, 0.2) is 54.3 Å². The highest BCUT2D eigenvalue weighted by Gasteiger charge is 2.44. The van der Waals surface area contributed by atoms with Crippen molar-refractivity contribution >= 4 is 5.97 Å². The van der Waals surface area contributed by atoms with Gasteiger partial charge in [0.05, 0.1) is 19.8 Å². The predicted octanol–water partition coefficient (Wildman–Crippen LogP) is 4.44. The smallest absolute Gasteiger partial charge is 0.343 e. The first-order valence-electron chi connectivity index (χ1n) is 10.5. The van der Waals surface area contributed by atoms with Crippen LogP contribution in [0.1, 0.15) is 40.7 Å². The van der Waals surface area contributed by atoms with E-state index >= 15 is 0 Å². The maximum Gasteiger partial charge on any atom is 0.343 e. The van der Waals surface area contributed by atoms with Crippen LogP contribution in [0.4, 0.5) is 0 Å². The molecule has 1 heterocycles. The van der Waals surface area contributed by atoms with Crippen molar-refractivity contribution in [3.8, 4) is 11.5 Å². The van der Waals surface area contributed by atoms with Crippen molar-refractivity contribution in [1.29, 1.82) is 0 Å². The number of esters is 1. The third kappa shape index (κ3) is 3.94. The summed E-state index contributed by atoms with van der Waals surface area (Å²) in [6.07, 6.45) is 5.91. The Balaban J connectivity index is 1.51. The second-order valence-electron chi connectivity index (χ2n) is 8.25. The quantitative estimate of drug-likeness (QED) is 0.718. The Kier molecular flexibility index (Phi) is 5.82. The molecular formula is C25H29NO4. The molecule has 30 heavy (non-hydrogen) atoms. The summed E-state index contributed by atoms with van der Waals surface area (Å²) in [6.45, 7) is 2.89. The largest absolute Gasteiger partial charge is 0.493 e. The molecule has 1 aliphatic carbocycles. The summed E-state index contributed by atoms with van der Waals surface area (Å²) in [7, 11) is 3.32. The molecule has 0 spiro atoms. The third-order valence-electron chi connectivity index (χ3n) is 6.46. The summed E-state index contributed by atoms with van der Waals surface area (Å²) in [5, 5.41) is 3.60. The average Bonchev–Trinajstić information content (AvgIpc) is 3.16. The van der Waals surface area contributed by atoms with Gasteiger partial charge in [0.25, 0.3) is 0 Å². The first kappa shape index (κ1) is 20.5. The van der Waals surface area contributed by atoms with Crippen LogP contribution in [0.5, 0.6) is 11.5 Å². The molecule has 0 radical (unpaired) electrons. The highest BCUT2D eigenvalue weighted by Crippen LogP contribution is 2.45. The van der Waals surface area contributed by atoms with Gasteiger partial charge in [0.1, 0.15) is 5.76 Å². The number of rotatable bonds is 6. The molecule has 2 atom stereocenters. The van der Waals surface area contributed by atoms with Gasteiger partial charge >= 0.3 is 5.97 Å². The van der Waals surface area contributed by atoms with Gasteiger partial charge in [0.2, 0.25) is 0 Å². The molecule has 0 amide bonds. The maximum absolute atomic E-state index is 12.6. The standard InChI is InChI=1S/C25H29NO4/c1-17-6-4-5-7-20(17)24(27)30-19-10-11-25(12-13-26-23(25)15-19)16-18-8-9-21(28-2)22(14-18)29-3/h4-9,14-15,23,26H,10-13,16H2,1-3H3/t23-,25+/m0/s1. The first-order valence-corrected chi connectivity index (χ1v) is 10.5. The van der Waals surface area contributed by atoms with Gasteiger partial charge in [0.15, 0.2) is 11.5 Å². The van der Waals surface area contributed by atoms with Crippen LogP contribution in [0.3, 0.4) is 0 Å². The van der Waals surface area contributed by atoms with Crippen molar-refractivity contribution in [2.45, 2.75) is 38.6 Å². The highest BCUT2D eigenvalue weighted by molar-refractivity contribution is 5.91. The summed E-state index contributed by atoms with van der Waals surface area (Å²) in [6, 6.07) is 13.9. The Morgan fingerprint density at radius 1 is 1.10 bits per heavy atom. The van der Waals surface area contributed by atoms with Crippen molar-refractivity contribution in [3.63, 3.8) is 0 Å². The first-order chi connectivity index (χ1) is 14.5. The molecular weight excluding hydrogens is 378 g/mol. The van der Waals surface area contributed by atoms with Crippen LogP contribution >= 0.6 is 0 Å². The Hall–Kier alpha value is -2.79. The van der Waals surface area contributed by atoms with E-state index in [-0.39, 0.29) is 17.4 Å². The molecule has 2 aromatic carbocycles. The lowest BCUT2D eigenvalue weighted by Gasteiger charge is -2.37. The van der Waals surface area contributed by atoms with Crippen LogP contribution in [-0.4, -0.2) is 32.8 Å². The Morgan fingerprint density at radius 3 is 2.67 bits per heavy atom. The van der Waals surface area contributed by atoms with Gasteiger partial charge in [-0.05, 0) is 73.5 Å². The zero-order valence-electron chi connectivity index (χ0n) is 17.9. The van der Waals surface area contributed by atoms with Gasteiger partial charge in [-0.25, -0.2) is 4.79 Å². The lowest BCUT2D eigenvalue weighted by molar-refractivity contribution is 0.0586. The van der Waals surface area contributed by atoms with Crippen LogP contribution in [0.2, 0.25) is 0 Å². The summed E-state index contributed by atoms with van der Waals surface area (Å²) in [5.41, 5.74) is 2.91. The van der Waals surface area contributed by atoms with Crippen molar-refractivity contribution in [2.75, 3.05) is 20.8 Å². The molecule has 0 saturated carbocycles. The molecule has 0 bridgehead atoms. The van der Waals surface area contributed by atoms with E-state index in [0.29, 0.717) is 5.56 Å². The highest BCUT2D eigenvalue weighted by atomic mass is 16.5. The van der Waals surface area contributed by atoms with Crippen molar-refractivity contribution < 1.29 is 19.0 Å². The number of hydrogen-bond acceptors (Lipinski definition) is 5. The zero-order valence-corrected chi connectivity index (χ0v) is 17.9. The lowest BCUT2D eigenvalue weighted by Crippen LogP contribution is -2.40. The number of allylic oxidation sites excluding steroid dienone is 1. The van der Waals surface area contributed by atoms with Crippen molar-refractivity contribution in [1.82, 2.24) is 5.32 Å². The van der Waals surface area contributed by atoms with Gasteiger partial charge in [-0.2, -0.15) is 0 Å². The molecule has 158 valence electrons. The van der Waals surface area contributed by atoms with Crippen molar-refractivity contribution in [3.05, 3.63) is 71.0 Å². The van der Waals surface area contributed by atoms with Gasteiger partial charge in [-0.1, -0.05) is 24.3 Å². The second kappa shape index (κ2) is 8.52. The minimum Gasteiger partial charge on any atom is -0.493 e. The Morgan fingerprint density at radius 2 is 1.90 bits per heavy atom. The summed E-state index contributed by atoms with van der Waals surface area (Å²) in [5.74, 6) is 2.00. The van der Waals surface area contributed by atoms with Crippen molar-refractivity contribution in [2.24, 2.45) is 5.41 Å². The molecule has 2 aromatic rings. The molecule has 5 nitrogen and oxygen atoms in total. The van der Waals surface area contributed by atoms with E-state index in [2.05, 4.69) is 23.5 Å². The minimum absolute atomic E-state index is 0.123. The molecule has 0 unspecified atom stereocenters. The summed E-state index contributed by atoms with van der Waals surface area (Å²) >= 11 is 0. The number of hydrogen-bond donors (Lipinski definition) is 1. The number of methoxy groups -OCH3 is 2. The molecule has 1 aliphatic heterocycles. The van der Waals surface area contributed by atoms with Crippen LogP contribution in [0.25, 0.3) is 0 Å². The zero-order chi connectivity index (χ0) is 21.1. The molecule has 2 aliphatic rings. The average molecular weight is 408 g/mol.